The van der Waals surface area contributed by atoms with Crippen molar-refractivity contribution in [3.8, 4) is 0 Å². The Kier molecular flexibility index (Phi) is 10.2. The third-order valence-electron chi connectivity index (χ3n) is 5.38. The summed E-state index contributed by atoms with van der Waals surface area (Å²) in [5.41, 5.74) is 7.30. The van der Waals surface area contributed by atoms with E-state index in [0.29, 0.717) is 0 Å². The van der Waals surface area contributed by atoms with E-state index in [4.69, 9.17) is 0 Å². The van der Waals surface area contributed by atoms with Crippen LogP contribution < -0.4 is 16.1 Å². The second-order valence-corrected chi connectivity index (χ2v) is 7.47. The van der Waals surface area contributed by atoms with Gasteiger partial charge >= 0.3 is 0 Å². The van der Waals surface area contributed by atoms with Gasteiger partial charge in [0.2, 0.25) is 0 Å². The summed E-state index contributed by atoms with van der Waals surface area (Å²) in [6, 6.07) is 0.744. The first kappa shape index (κ1) is 19.2. The molecule has 0 spiro atoms. The van der Waals surface area contributed by atoms with E-state index in [1.54, 1.807) is 0 Å². The standard InChI is InChI=1S/C19H40N4/c1-2-3-4-5-8-11-16-20-23-18-13-12-17-22(21-23)19-14-9-6-7-10-15-19/h19-21H,2-18H2,1H3/q+1. The first-order valence-electron chi connectivity index (χ1n) is 10.4. The highest BCUT2D eigenvalue weighted by atomic mass is 15.9. The van der Waals surface area contributed by atoms with E-state index in [0.717, 1.165) is 19.1 Å². The van der Waals surface area contributed by atoms with Crippen LogP contribution in [-0.4, -0.2) is 30.7 Å². The number of hydrogen-bond donors (Lipinski definition) is 2. The fraction of sp³-hybridized carbons (Fsp3) is 1.00. The molecule has 0 aromatic heterocycles. The Hall–Kier alpha value is -0.160. The van der Waals surface area contributed by atoms with E-state index in [1.165, 1.54) is 96.4 Å². The largest absolute Gasteiger partial charge is 0.190 e. The molecule has 2 aliphatic rings. The molecule has 23 heavy (non-hydrogen) atoms. The zero-order valence-electron chi connectivity index (χ0n) is 15.5. The third kappa shape index (κ3) is 7.97. The fourth-order valence-corrected chi connectivity index (χ4v) is 3.87. The lowest BCUT2D eigenvalue weighted by atomic mass is 10.1. The van der Waals surface area contributed by atoms with Crippen LogP contribution in [0, 0.1) is 0 Å². The van der Waals surface area contributed by atoms with Crippen molar-refractivity contribution in [2.75, 3.05) is 19.6 Å². The topological polar surface area (TPSA) is 33.2 Å². The fourth-order valence-electron chi connectivity index (χ4n) is 3.87. The van der Waals surface area contributed by atoms with E-state index in [9.17, 15) is 0 Å². The molecule has 2 fully saturated rings. The highest BCUT2D eigenvalue weighted by molar-refractivity contribution is 4.74. The van der Waals surface area contributed by atoms with Crippen LogP contribution >= 0.6 is 0 Å². The maximum Gasteiger partial charge on any atom is 0.169 e. The molecule has 1 saturated carbocycles. The Bertz CT molecular complexity index is 277. The molecule has 1 saturated heterocycles. The summed E-state index contributed by atoms with van der Waals surface area (Å²) in [4.78, 5) is 0. The van der Waals surface area contributed by atoms with Crippen molar-refractivity contribution in [3.05, 3.63) is 0 Å². The van der Waals surface area contributed by atoms with Gasteiger partial charge in [-0.25, -0.2) is 0 Å². The molecule has 1 aliphatic carbocycles. The summed E-state index contributed by atoms with van der Waals surface area (Å²) < 4.78 is 0. The summed E-state index contributed by atoms with van der Waals surface area (Å²) in [6.07, 6.45) is 19.3. The highest BCUT2D eigenvalue weighted by Gasteiger charge is 2.28. The van der Waals surface area contributed by atoms with Crippen molar-refractivity contribution in [2.45, 2.75) is 103 Å². The molecule has 0 bridgehead atoms. The second kappa shape index (κ2) is 12.2. The van der Waals surface area contributed by atoms with Gasteiger partial charge in [-0.05, 0) is 31.2 Å². The van der Waals surface area contributed by atoms with Crippen molar-refractivity contribution in [2.24, 2.45) is 0 Å². The van der Waals surface area contributed by atoms with Gasteiger partial charge in [-0.15, -0.1) is 0 Å². The van der Waals surface area contributed by atoms with Crippen LogP contribution in [0.3, 0.4) is 0 Å². The molecule has 1 radical (unpaired) electrons. The molecular formula is C19H40N4+. The SMILES string of the molecule is CCCCCCCCN[N+]1CCCCN(C2CCCCCC2)N1. The molecule has 1 heterocycles. The average molecular weight is 325 g/mol. The highest BCUT2D eigenvalue weighted by Crippen LogP contribution is 2.21. The Morgan fingerprint density at radius 2 is 1.65 bits per heavy atom. The molecule has 0 aromatic carbocycles. The number of hydrazine groups is 3. The third-order valence-corrected chi connectivity index (χ3v) is 5.38. The number of nitrogens with one attached hydrogen (secondary N) is 2. The molecule has 0 amide bonds. The van der Waals surface area contributed by atoms with E-state index in [-0.39, 0.29) is 0 Å². The molecule has 0 atom stereocenters. The normalized spacial score (nSPS) is 22.8. The lowest BCUT2D eigenvalue weighted by Gasteiger charge is -2.28. The summed E-state index contributed by atoms with van der Waals surface area (Å²) in [6.45, 7) is 5.73. The number of hydrogen-bond acceptors (Lipinski definition) is 4. The average Bonchev–Trinajstić information content (AvgIpc) is 2.97. The van der Waals surface area contributed by atoms with Gasteiger partial charge in [-0.2, -0.15) is 5.01 Å². The molecule has 2 rings (SSSR count). The van der Waals surface area contributed by atoms with E-state index in [1.807, 2.05) is 0 Å². The lowest BCUT2D eigenvalue weighted by molar-refractivity contribution is 0.0314. The minimum absolute atomic E-state index is 0.744. The zero-order chi connectivity index (χ0) is 16.2. The van der Waals surface area contributed by atoms with Crippen molar-refractivity contribution in [1.29, 1.82) is 0 Å². The molecule has 1 aliphatic heterocycles. The number of rotatable bonds is 9. The van der Waals surface area contributed by atoms with Crippen LogP contribution in [0.1, 0.15) is 96.8 Å². The van der Waals surface area contributed by atoms with Crippen LogP contribution in [0.2, 0.25) is 0 Å². The van der Waals surface area contributed by atoms with Gasteiger partial charge in [-0.3, -0.25) is 0 Å². The quantitative estimate of drug-likeness (QED) is 0.378. The summed E-state index contributed by atoms with van der Waals surface area (Å²) in [5.74, 6) is 0. The van der Waals surface area contributed by atoms with Gasteiger partial charge in [0, 0.05) is 24.1 Å². The summed E-state index contributed by atoms with van der Waals surface area (Å²) in [5, 5.41) is 4.80. The van der Waals surface area contributed by atoms with E-state index < -0.39 is 0 Å². The van der Waals surface area contributed by atoms with Gasteiger partial charge < -0.3 is 0 Å². The Morgan fingerprint density at radius 1 is 0.913 bits per heavy atom. The van der Waals surface area contributed by atoms with Crippen LogP contribution in [0.25, 0.3) is 0 Å². The Morgan fingerprint density at radius 3 is 2.43 bits per heavy atom. The minimum Gasteiger partial charge on any atom is -0.190 e. The molecule has 135 valence electrons. The summed E-state index contributed by atoms with van der Waals surface area (Å²) in [7, 11) is 0. The predicted octanol–water partition coefficient (Wildman–Crippen LogP) is 4.23. The number of nitrogens with zero attached hydrogens (tertiary/aromatic N) is 2. The Balaban J connectivity index is 1.63. The van der Waals surface area contributed by atoms with Gasteiger partial charge in [0.15, 0.2) is 6.54 Å². The van der Waals surface area contributed by atoms with Crippen molar-refractivity contribution < 1.29 is 0 Å². The molecular weight excluding hydrogens is 284 g/mol. The van der Waals surface area contributed by atoms with Crippen LogP contribution in [0.15, 0.2) is 0 Å². The monoisotopic (exact) mass is 324 g/mol. The van der Waals surface area contributed by atoms with Crippen LogP contribution in [0.5, 0.6) is 0 Å². The zero-order valence-corrected chi connectivity index (χ0v) is 15.5. The lowest BCUT2D eigenvalue weighted by Crippen LogP contribution is -2.61. The van der Waals surface area contributed by atoms with Crippen LogP contribution in [-0.2, 0) is 0 Å². The molecule has 0 aromatic rings. The maximum atomic E-state index is 3.68. The van der Waals surface area contributed by atoms with Gasteiger partial charge in [0.1, 0.15) is 0 Å². The van der Waals surface area contributed by atoms with Crippen molar-refractivity contribution >= 4 is 0 Å². The minimum atomic E-state index is 0.744. The van der Waals surface area contributed by atoms with Gasteiger partial charge in [-0.1, -0.05) is 70.1 Å². The van der Waals surface area contributed by atoms with Gasteiger partial charge in [0.25, 0.3) is 0 Å². The van der Waals surface area contributed by atoms with Crippen molar-refractivity contribution in [1.82, 2.24) is 21.1 Å². The predicted molar refractivity (Wildman–Crippen MR) is 98.9 cm³/mol. The maximum absolute atomic E-state index is 3.68. The molecule has 2 N–H and O–H groups in total. The van der Waals surface area contributed by atoms with Gasteiger partial charge in [0.05, 0.1) is 6.54 Å². The van der Waals surface area contributed by atoms with E-state index >= 15 is 0 Å². The first-order chi connectivity index (χ1) is 11.4. The number of unbranched alkanes of at least 4 members (excludes halogenated alkanes) is 5. The van der Waals surface area contributed by atoms with Crippen LogP contribution in [0.4, 0.5) is 0 Å². The van der Waals surface area contributed by atoms with E-state index in [2.05, 4.69) is 28.0 Å². The Labute approximate surface area is 144 Å². The van der Waals surface area contributed by atoms with Crippen molar-refractivity contribution in [3.63, 3.8) is 0 Å². The first-order valence-corrected chi connectivity index (χ1v) is 10.4. The second-order valence-electron chi connectivity index (χ2n) is 7.47. The molecule has 0 unspecified atom stereocenters. The molecule has 4 nitrogen and oxygen atoms in total. The molecule has 4 heteroatoms. The summed E-state index contributed by atoms with van der Waals surface area (Å²) >= 11 is 0. The smallest absolute Gasteiger partial charge is 0.169 e.